The van der Waals surface area contributed by atoms with E-state index in [1.165, 1.54) is 11.3 Å². The van der Waals surface area contributed by atoms with Gasteiger partial charge in [-0.05, 0) is 46.2 Å². The maximum atomic E-state index is 11.7. The van der Waals surface area contributed by atoms with Crippen LogP contribution in [0.25, 0.3) is 6.08 Å². The van der Waals surface area contributed by atoms with Crippen molar-refractivity contribution in [2.45, 2.75) is 45.8 Å². The first-order valence-electron chi connectivity index (χ1n) is 7.50. The van der Waals surface area contributed by atoms with Crippen molar-refractivity contribution in [1.82, 2.24) is 4.98 Å². The molecular formula is C15H22BNO4S2. The average molecular weight is 355 g/mol. The maximum absolute atomic E-state index is 11.7. The van der Waals surface area contributed by atoms with Crippen LogP contribution in [-0.2, 0) is 14.0 Å². The second-order valence-electron chi connectivity index (χ2n) is 6.26. The lowest BCUT2D eigenvalue weighted by molar-refractivity contribution is 0.00578. The summed E-state index contributed by atoms with van der Waals surface area (Å²) in [5.74, 6) is 0.0666. The number of hydrogen-bond acceptors (Lipinski definition) is 7. The van der Waals surface area contributed by atoms with Gasteiger partial charge in [-0.2, -0.15) is 12.6 Å². The molecule has 23 heavy (non-hydrogen) atoms. The third kappa shape index (κ3) is 3.99. The molecule has 0 N–H and O–H groups in total. The Bertz CT molecular complexity index is 596. The molecule has 0 radical (unpaired) electrons. The van der Waals surface area contributed by atoms with Crippen LogP contribution >= 0.6 is 24.0 Å². The van der Waals surface area contributed by atoms with E-state index in [2.05, 4.69) is 17.6 Å². The molecule has 8 heteroatoms. The zero-order valence-electron chi connectivity index (χ0n) is 14.1. The molecule has 1 saturated heterocycles. The molecule has 1 fully saturated rings. The largest absolute Gasteiger partial charge is 0.491 e. The number of carbonyl (C=O) groups excluding carboxylic acids is 1. The number of thiol groups is 1. The zero-order chi connectivity index (χ0) is 17.3. The maximum Gasteiger partial charge on any atom is 0.491 e. The van der Waals surface area contributed by atoms with Crippen LogP contribution in [0.4, 0.5) is 0 Å². The van der Waals surface area contributed by atoms with Crippen molar-refractivity contribution in [3.05, 3.63) is 21.6 Å². The number of thiazole rings is 1. The summed E-state index contributed by atoms with van der Waals surface area (Å²) < 4.78 is 17.0. The predicted octanol–water partition coefficient (Wildman–Crippen LogP) is 3.26. The van der Waals surface area contributed by atoms with Gasteiger partial charge in [0.15, 0.2) is 5.69 Å². The highest BCUT2D eigenvalue weighted by atomic mass is 32.1. The van der Waals surface area contributed by atoms with Crippen LogP contribution in [0.15, 0.2) is 10.9 Å². The second kappa shape index (κ2) is 6.97. The summed E-state index contributed by atoms with van der Waals surface area (Å²) in [6.07, 6.45) is 1.86. The molecule has 126 valence electrons. The van der Waals surface area contributed by atoms with Crippen molar-refractivity contribution in [3.63, 3.8) is 0 Å². The molecular weight excluding hydrogens is 333 g/mol. The van der Waals surface area contributed by atoms with E-state index >= 15 is 0 Å². The third-order valence-corrected chi connectivity index (χ3v) is 5.21. The molecule has 0 spiro atoms. The van der Waals surface area contributed by atoms with Crippen molar-refractivity contribution in [1.29, 1.82) is 0 Å². The van der Waals surface area contributed by atoms with Crippen LogP contribution in [-0.4, -0.2) is 41.6 Å². The number of aromatic nitrogens is 1. The Morgan fingerprint density at radius 1 is 1.39 bits per heavy atom. The van der Waals surface area contributed by atoms with Crippen LogP contribution in [0, 0.1) is 0 Å². The van der Waals surface area contributed by atoms with Gasteiger partial charge in [0.05, 0.1) is 17.8 Å². The molecule has 1 aliphatic rings. The predicted molar refractivity (Wildman–Crippen MR) is 96.0 cm³/mol. The first-order chi connectivity index (χ1) is 10.7. The number of nitrogens with zero attached hydrogens (tertiary/aromatic N) is 1. The van der Waals surface area contributed by atoms with Crippen molar-refractivity contribution < 1.29 is 18.8 Å². The minimum absolute atomic E-state index is 0.315. The SMILES string of the molecule is CCOC(=O)c1csc(C=C(CS)B2OC(C)(C)C(C)(C)O2)n1. The molecule has 1 aromatic rings. The summed E-state index contributed by atoms with van der Waals surface area (Å²) in [5, 5.41) is 2.39. The molecule has 0 unspecified atom stereocenters. The Morgan fingerprint density at radius 3 is 2.52 bits per heavy atom. The summed E-state index contributed by atoms with van der Waals surface area (Å²) in [6, 6.07) is 0. The van der Waals surface area contributed by atoms with Gasteiger partial charge in [0, 0.05) is 11.1 Å². The molecule has 1 aromatic heterocycles. The van der Waals surface area contributed by atoms with Crippen LogP contribution in [0.5, 0.6) is 0 Å². The number of carbonyl (C=O) groups is 1. The molecule has 2 heterocycles. The van der Waals surface area contributed by atoms with Crippen molar-refractivity contribution in [3.8, 4) is 0 Å². The van der Waals surface area contributed by atoms with Gasteiger partial charge in [-0.25, -0.2) is 9.78 Å². The molecule has 1 aliphatic heterocycles. The fraction of sp³-hybridized carbons (Fsp3) is 0.600. The monoisotopic (exact) mass is 355 g/mol. The summed E-state index contributed by atoms with van der Waals surface area (Å²) in [6.45, 7) is 10.1. The Balaban J connectivity index is 2.19. The Morgan fingerprint density at radius 2 is 2.00 bits per heavy atom. The highest BCUT2D eigenvalue weighted by molar-refractivity contribution is 7.80. The first kappa shape index (κ1) is 18.5. The topological polar surface area (TPSA) is 57.7 Å². The van der Waals surface area contributed by atoms with E-state index < -0.39 is 24.3 Å². The van der Waals surface area contributed by atoms with Crippen LogP contribution in [0.2, 0.25) is 0 Å². The van der Waals surface area contributed by atoms with Gasteiger partial charge >= 0.3 is 13.1 Å². The molecule has 0 bridgehead atoms. The fourth-order valence-corrected chi connectivity index (χ4v) is 2.99. The lowest BCUT2D eigenvalue weighted by Gasteiger charge is -2.32. The summed E-state index contributed by atoms with van der Waals surface area (Å²) in [4.78, 5) is 16.0. The van der Waals surface area contributed by atoms with Crippen LogP contribution < -0.4 is 0 Å². The van der Waals surface area contributed by atoms with E-state index in [1.807, 2.05) is 33.8 Å². The van der Waals surface area contributed by atoms with Gasteiger partial charge < -0.3 is 14.0 Å². The highest BCUT2D eigenvalue weighted by Gasteiger charge is 2.52. The highest BCUT2D eigenvalue weighted by Crippen LogP contribution is 2.39. The van der Waals surface area contributed by atoms with E-state index in [0.717, 1.165) is 5.47 Å². The normalized spacial score (nSPS) is 19.9. The van der Waals surface area contributed by atoms with Gasteiger partial charge in [-0.1, -0.05) is 0 Å². The lowest BCUT2D eigenvalue weighted by Crippen LogP contribution is -2.41. The minimum atomic E-state index is -0.465. The van der Waals surface area contributed by atoms with E-state index in [1.54, 1.807) is 12.3 Å². The quantitative estimate of drug-likeness (QED) is 0.499. The minimum Gasteiger partial charge on any atom is -0.461 e. The lowest BCUT2D eigenvalue weighted by atomic mass is 9.79. The van der Waals surface area contributed by atoms with Crippen LogP contribution in [0.1, 0.15) is 50.1 Å². The molecule has 2 rings (SSSR count). The van der Waals surface area contributed by atoms with E-state index in [-0.39, 0.29) is 0 Å². The van der Waals surface area contributed by atoms with E-state index in [0.29, 0.717) is 23.1 Å². The van der Waals surface area contributed by atoms with E-state index in [9.17, 15) is 4.79 Å². The Hall–Kier alpha value is -0.825. The van der Waals surface area contributed by atoms with Gasteiger partial charge in [0.1, 0.15) is 5.01 Å². The molecule has 0 atom stereocenters. The zero-order valence-corrected chi connectivity index (χ0v) is 15.8. The second-order valence-corrected chi connectivity index (χ2v) is 7.46. The Labute approximate surface area is 147 Å². The third-order valence-electron chi connectivity index (χ3n) is 4.05. The van der Waals surface area contributed by atoms with Crippen molar-refractivity contribution in [2.75, 3.05) is 12.4 Å². The molecule has 5 nitrogen and oxygen atoms in total. The van der Waals surface area contributed by atoms with Gasteiger partial charge in [0.2, 0.25) is 0 Å². The molecule has 0 aromatic carbocycles. The van der Waals surface area contributed by atoms with Gasteiger partial charge in [-0.15, -0.1) is 11.3 Å². The number of ether oxygens (including phenoxy) is 1. The number of hydrogen-bond donors (Lipinski definition) is 1. The summed E-state index contributed by atoms with van der Waals surface area (Å²) in [5.41, 5.74) is 0.379. The molecule has 0 aliphatic carbocycles. The van der Waals surface area contributed by atoms with Crippen molar-refractivity contribution >= 4 is 43.1 Å². The first-order valence-corrected chi connectivity index (χ1v) is 9.01. The average Bonchev–Trinajstić information content (AvgIpc) is 2.99. The fourth-order valence-electron chi connectivity index (χ4n) is 1.99. The summed E-state index contributed by atoms with van der Waals surface area (Å²) >= 11 is 5.75. The van der Waals surface area contributed by atoms with Crippen LogP contribution in [0.3, 0.4) is 0 Å². The van der Waals surface area contributed by atoms with E-state index in [4.69, 9.17) is 14.0 Å². The smallest absolute Gasteiger partial charge is 0.461 e. The van der Waals surface area contributed by atoms with Gasteiger partial charge in [-0.3, -0.25) is 0 Å². The Kier molecular flexibility index (Phi) is 5.61. The molecule has 0 saturated carbocycles. The number of rotatable bonds is 5. The van der Waals surface area contributed by atoms with Crippen molar-refractivity contribution in [2.24, 2.45) is 0 Å². The number of esters is 1. The standard InChI is InChI=1S/C15H22BNO4S2/c1-6-19-13(18)11-9-23-12(17-11)7-10(8-22)16-20-14(2,3)15(4,5)21-16/h7,9,22H,6,8H2,1-5H3. The van der Waals surface area contributed by atoms with Gasteiger partial charge in [0.25, 0.3) is 0 Å². The summed E-state index contributed by atoms with van der Waals surface area (Å²) in [7, 11) is -0.465. The molecule has 0 amide bonds.